The molecule has 0 bridgehead atoms. The first-order valence-electron chi connectivity index (χ1n) is 5.93. The highest BCUT2D eigenvalue weighted by Crippen LogP contribution is 2.13. The zero-order chi connectivity index (χ0) is 10.5. The lowest BCUT2D eigenvalue weighted by Crippen LogP contribution is -2.45. The molecule has 2 heterocycles. The molecule has 2 atom stereocenters. The molecule has 4 nitrogen and oxygen atoms in total. The molecule has 0 saturated carbocycles. The van der Waals surface area contributed by atoms with Crippen molar-refractivity contribution in [3.63, 3.8) is 0 Å². The summed E-state index contributed by atoms with van der Waals surface area (Å²) in [5.41, 5.74) is 0. The molecule has 2 aliphatic heterocycles. The Morgan fingerprint density at radius 2 is 2.27 bits per heavy atom. The van der Waals surface area contributed by atoms with Gasteiger partial charge >= 0.3 is 0 Å². The molecule has 2 fully saturated rings. The van der Waals surface area contributed by atoms with Gasteiger partial charge in [-0.25, -0.2) is 0 Å². The minimum absolute atomic E-state index is 0.367. The fraction of sp³-hybridized carbons (Fsp3) is 1.00. The highest BCUT2D eigenvalue weighted by Gasteiger charge is 2.20. The molecule has 88 valence electrons. The third kappa shape index (κ3) is 3.72. The summed E-state index contributed by atoms with van der Waals surface area (Å²) in [6.45, 7) is 6.89. The molecule has 0 aromatic carbocycles. The van der Waals surface area contributed by atoms with Crippen LogP contribution in [0.2, 0.25) is 0 Å². The largest absolute Gasteiger partial charge is 0.381 e. The summed E-state index contributed by atoms with van der Waals surface area (Å²) in [5, 5.41) is 3.36. The Bertz CT molecular complexity index is 177. The molecule has 0 radical (unpaired) electrons. The first-order chi connectivity index (χ1) is 7.34. The third-order valence-electron chi connectivity index (χ3n) is 3.11. The van der Waals surface area contributed by atoms with Crippen molar-refractivity contribution >= 4 is 0 Å². The molecule has 0 aromatic heterocycles. The lowest BCUT2D eigenvalue weighted by molar-refractivity contribution is 0.00760. The Hall–Kier alpha value is -0.160. The molecule has 0 aromatic rings. The fourth-order valence-corrected chi connectivity index (χ4v) is 2.33. The average molecular weight is 214 g/mol. The van der Waals surface area contributed by atoms with Crippen molar-refractivity contribution in [2.45, 2.75) is 12.5 Å². The van der Waals surface area contributed by atoms with E-state index in [1.165, 1.54) is 6.42 Å². The van der Waals surface area contributed by atoms with Crippen LogP contribution in [-0.2, 0) is 9.47 Å². The van der Waals surface area contributed by atoms with E-state index in [2.05, 4.69) is 17.3 Å². The lowest BCUT2D eigenvalue weighted by Gasteiger charge is -2.29. The van der Waals surface area contributed by atoms with Gasteiger partial charge < -0.3 is 19.7 Å². The first-order valence-corrected chi connectivity index (χ1v) is 5.93. The van der Waals surface area contributed by atoms with Crippen molar-refractivity contribution in [2.24, 2.45) is 5.92 Å². The summed E-state index contributed by atoms with van der Waals surface area (Å²) in [6.07, 6.45) is 1.58. The molecule has 4 heteroatoms. The van der Waals surface area contributed by atoms with E-state index < -0.39 is 0 Å². The molecule has 2 rings (SSSR count). The second-order valence-corrected chi connectivity index (χ2v) is 4.65. The van der Waals surface area contributed by atoms with E-state index in [1.54, 1.807) is 0 Å². The maximum Gasteiger partial charge on any atom is 0.0826 e. The lowest BCUT2D eigenvalue weighted by atomic mass is 10.1. The van der Waals surface area contributed by atoms with Crippen LogP contribution in [0.1, 0.15) is 6.42 Å². The molecule has 2 saturated heterocycles. The number of ether oxygens (including phenoxy) is 2. The van der Waals surface area contributed by atoms with Gasteiger partial charge in [0.15, 0.2) is 0 Å². The number of hydrogen-bond donors (Lipinski definition) is 1. The van der Waals surface area contributed by atoms with Crippen LogP contribution in [0.15, 0.2) is 0 Å². The van der Waals surface area contributed by atoms with Gasteiger partial charge in [0.05, 0.1) is 19.3 Å². The van der Waals surface area contributed by atoms with Gasteiger partial charge in [-0.05, 0) is 19.4 Å². The number of likely N-dealkylation sites (N-methyl/N-ethyl adjacent to an activating group) is 1. The number of nitrogens with zero attached hydrogens (tertiary/aromatic N) is 1. The topological polar surface area (TPSA) is 33.7 Å². The molecular formula is C11H22N2O2. The van der Waals surface area contributed by atoms with Gasteiger partial charge in [-0.1, -0.05) is 0 Å². The Labute approximate surface area is 91.9 Å². The Morgan fingerprint density at radius 3 is 2.93 bits per heavy atom. The summed E-state index contributed by atoms with van der Waals surface area (Å²) < 4.78 is 11.1. The minimum atomic E-state index is 0.367. The summed E-state index contributed by atoms with van der Waals surface area (Å²) in [4.78, 5) is 2.37. The maximum absolute atomic E-state index is 5.68. The maximum atomic E-state index is 5.68. The fourth-order valence-electron chi connectivity index (χ4n) is 2.33. The monoisotopic (exact) mass is 214 g/mol. The number of nitrogens with one attached hydrogen (secondary N) is 1. The molecule has 0 aliphatic carbocycles. The minimum Gasteiger partial charge on any atom is -0.381 e. The van der Waals surface area contributed by atoms with Crippen LogP contribution < -0.4 is 5.32 Å². The van der Waals surface area contributed by atoms with Crippen LogP contribution in [0.5, 0.6) is 0 Å². The predicted octanol–water partition coefficient (Wildman–Crippen LogP) is -0.0569. The number of rotatable bonds is 4. The van der Waals surface area contributed by atoms with Crippen molar-refractivity contribution in [1.82, 2.24) is 10.2 Å². The molecule has 2 aliphatic rings. The Balaban J connectivity index is 1.64. The van der Waals surface area contributed by atoms with E-state index in [0.29, 0.717) is 6.10 Å². The van der Waals surface area contributed by atoms with Crippen molar-refractivity contribution in [2.75, 3.05) is 53.0 Å². The van der Waals surface area contributed by atoms with Crippen molar-refractivity contribution in [1.29, 1.82) is 0 Å². The van der Waals surface area contributed by atoms with Crippen molar-refractivity contribution in [3.05, 3.63) is 0 Å². The first kappa shape index (κ1) is 11.3. The highest BCUT2D eigenvalue weighted by molar-refractivity contribution is 4.73. The van der Waals surface area contributed by atoms with Crippen LogP contribution >= 0.6 is 0 Å². The van der Waals surface area contributed by atoms with E-state index in [1.807, 2.05) is 0 Å². The summed E-state index contributed by atoms with van der Waals surface area (Å²) in [7, 11) is 2.18. The summed E-state index contributed by atoms with van der Waals surface area (Å²) in [5.74, 6) is 0.728. The molecule has 0 amide bonds. The molecule has 15 heavy (non-hydrogen) atoms. The van der Waals surface area contributed by atoms with Gasteiger partial charge in [0, 0.05) is 32.8 Å². The van der Waals surface area contributed by atoms with E-state index in [0.717, 1.165) is 51.9 Å². The summed E-state index contributed by atoms with van der Waals surface area (Å²) in [6, 6.07) is 0. The van der Waals surface area contributed by atoms with Gasteiger partial charge in [0.2, 0.25) is 0 Å². The Morgan fingerprint density at radius 1 is 1.33 bits per heavy atom. The predicted molar refractivity (Wildman–Crippen MR) is 59.0 cm³/mol. The van der Waals surface area contributed by atoms with Crippen LogP contribution in [0.4, 0.5) is 0 Å². The van der Waals surface area contributed by atoms with E-state index in [9.17, 15) is 0 Å². The van der Waals surface area contributed by atoms with Crippen LogP contribution in [0, 0.1) is 5.92 Å². The van der Waals surface area contributed by atoms with Crippen LogP contribution in [-0.4, -0.2) is 64.1 Å². The van der Waals surface area contributed by atoms with Crippen LogP contribution in [0.3, 0.4) is 0 Å². The molecule has 1 N–H and O–H groups in total. The average Bonchev–Trinajstić information content (AvgIpc) is 2.71. The van der Waals surface area contributed by atoms with E-state index in [4.69, 9.17) is 9.47 Å². The number of hydrogen-bond acceptors (Lipinski definition) is 4. The highest BCUT2D eigenvalue weighted by atomic mass is 16.5. The SMILES string of the molecule is CN(CC1CCOC1)CC1CNCCO1. The van der Waals surface area contributed by atoms with E-state index in [-0.39, 0.29) is 0 Å². The second-order valence-electron chi connectivity index (χ2n) is 4.65. The van der Waals surface area contributed by atoms with Gasteiger partial charge in [-0.3, -0.25) is 0 Å². The quantitative estimate of drug-likeness (QED) is 0.711. The van der Waals surface area contributed by atoms with Crippen molar-refractivity contribution in [3.8, 4) is 0 Å². The van der Waals surface area contributed by atoms with Gasteiger partial charge in [-0.15, -0.1) is 0 Å². The zero-order valence-electron chi connectivity index (χ0n) is 9.58. The smallest absolute Gasteiger partial charge is 0.0826 e. The van der Waals surface area contributed by atoms with Gasteiger partial charge in [-0.2, -0.15) is 0 Å². The third-order valence-corrected chi connectivity index (χ3v) is 3.11. The van der Waals surface area contributed by atoms with E-state index >= 15 is 0 Å². The number of morpholine rings is 1. The van der Waals surface area contributed by atoms with Gasteiger partial charge in [0.25, 0.3) is 0 Å². The Kier molecular flexibility index (Phi) is 4.38. The normalized spacial score (nSPS) is 32.4. The molecular weight excluding hydrogens is 192 g/mol. The zero-order valence-corrected chi connectivity index (χ0v) is 9.58. The van der Waals surface area contributed by atoms with Crippen molar-refractivity contribution < 1.29 is 9.47 Å². The standard InChI is InChI=1S/C11H22N2O2/c1-13(7-10-2-4-14-9-10)8-11-6-12-3-5-15-11/h10-12H,2-9H2,1H3. The summed E-state index contributed by atoms with van der Waals surface area (Å²) >= 11 is 0. The molecule has 2 unspecified atom stereocenters. The second kappa shape index (κ2) is 5.80. The van der Waals surface area contributed by atoms with Gasteiger partial charge in [0.1, 0.15) is 0 Å². The molecule has 0 spiro atoms. The van der Waals surface area contributed by atoms with Crippen LogP contribution in [0.25, 0.3) is 0 Å².